The van der Waals surface area contributed by atoms with Gasteiger partial charge in [0, 0.05) is 18.8 Å². The van der Waals surface area contributed by atoms with Crippen LogP contribution in [-0.2, 0) is 6.54 Å². The summed E-state index contributed by atoms with van der Waals surface area (Å²) in [6, 6.07) is 0.301. The lowest BCUT2D eigenvalue weighted by Gasteiger charge is -2.10. The van der Waals surface area contributed by atoms with Gasteiger partial charge in [-0.1, -0.05) is 24.4 Å². The molecular weight excluding hydrogens is 226 g/mol. The summed E-state index contributed by atoms with van der Waals surface area (Å²) >= 11 is 5.96. The molecule has 1 fully saturated rings. The van der Waals surface area contributed by atoms with Gasteiger partial charge >= 0.3 is 0 Å². The van der Waals surface area contributed by atoms with Crippen molar-refractivity contribution in [3.05, 3.63) is 16.9 Å². The van der Waals surface area contributed by atoms with Gasteiger partial charge in [-0.05, 0) is 19.8 Å². The maximum atomic E-state index is 11.9. The van der Waals surface area contributed by atoms with Crippen LogP contribution < -0.4 is 5.32 Å². The fourth-order valence-corrected chi connectivity index (χ4v) is 2.27. The lowest BCUT2D eigenvalue weighted by Crippen LogP contribution is -2.33. The Kier molecular flexibility index (Phi) is 3.49. The lowest BCUT2D eigenvalue weighted by atomic mass is 10.2. The van der Waals surface area contributed by atoms with Crippen molar-refractivity contribution >= 4 is 17.5 Å². The summed E-state index contributed by atoms with van der Waals surface area (Å²) in [5.74, 6) is -0.149. The minimum absolute atomic E-state index is 0.149. The molecule has 0 atom stereocenters. The first kappa shape index (κ1) is 11.5. The van der Waals surface area contributed by atoms with Gasteiger partial charge in [0.05, 0.1) is 5.02 Å². The number of nitrogens with one attached hydrogen (secondary N) is 1. The predicted octanol–water partition coefficient (Wildman–Crippen LogP) is 2.23. The van der Waals surface area contributed by atoms with E-state index in [1.807, 2.05) is 6.92 Å². The molecule has 0 aliphatic heterocycles. The van der Waals surface area contributed by atoms with Gasteiger partial charge in [0.1, 0.15) is 0 Å². The van der Waals surface area contributed by atoms with E-state index in [0.717, 1.165) is 19.4 Å². The van der Waals surface area contributed by atoms with E-state index >= 15 is 0 Å². The second kappa shape index (κ2) is 4.87. The second-order valence-corrected chi connectivity index (χ2v) is 4.54. The van der Waals surface area contributed by atoms with Gasteiger partial charge in [0.25, 0.3) is 5.91 Å². The summed E-state index contributed by atoms with van der Waals surface area (Å²) in [7, 11) is 0. The molecule has 4 nitrogen and oxygen atoms in total. The highest BCUT2D eigenvalue weighted by Crippen LogP contribution is 2.19. The summed E-state index contributed by atoms with van der Waals surface area (Å²) in [4.78, 5) is 11.9. The number of aryl methyl sites for hydroxylation is 1. The molecule has 1 aliphatic rings. The van der Waals surface area contributed by atoms with Crippen molar-refractivity contribution < 1.29 is 4.79 Å². The Morgan fingerprint density at radius 1 is 1.62 bits per heavy atom. The van der Waals surface area contributed by atoms with Crippen LogP contribution in [0.5, 0.6) is 0 Å². The molecule has 2 rings (SSSR count). The third-order valence-electron chi connectivity index (χ3n) is 2.95. The van der Waals surface area contributed by atoms with Gasteiger partial charge in [-0.25, -0.2) is 0 Å². The quantitative estimate of drug-likeness (QED) is 0.882. The van der Waals surface area contributed by atoms with Crippen LogP contribution in [0.15, 0.2) is 6.20 Å². The highest BCUT2D eigenvalue weighted by molar-refractivity contribution is 6.33. The van der Waals surface area contributed by atoms with E-state index in [-0.39, 0.29) is 5.91 Å². The monoisotopic (exact) mass is 241 g/mol. The molecule has 0 unspecified atom stereocenters. The smallest absolute Gasteiger partial charge is 0.273 e. The van der Waals surface area contributed by atoms with Crippen molar-refractivity contribution in [3.63, 3.8) is 0 Å². The average Bonchev–Trinajstić information content (AvgIpc) is 2.87. The number of aromatic nitrogens is 2. The molecule has 1 heterocycles. The molecule has 0 saturated heterocycles. The molecule has 1 aromatic heterocycles. The van der Waals surface area contributed by atoms with E-state index in [9.17, 15) is 4.79 Å². The molecule has 88 valence electrons. The standard InChI is InChI=1S/C11H16ClN3O/c1-2-15-7-9(12)10(14-15)11(16)13-8-5-3-4-6-8/h7-8H,2-6H2,1H3,(H,13,16). The van der Waals surface area contributed by atoms with Crippen LogP contribution in [0.3, 0.4) is 0 Å². The van der Waals surface area contributed by atoms with E-state index in [4.69, 9.17) is 11.6 Å². The molecule has 0 bridgehead atoms. The first-order valence-electron chi connectivity index (χ1n) is 5.74. The summed E-state index contributed by atoms with van der Waals surface area (Å²) in [6.45, 7) is 2.68. The largest absolute Gasteiger partial charge is 0.348 e. The highest BCUT2D eigenvalue weighted by atomic mass is 35.5. The van der Waals surface area contributed by atoms with E-state index in [1.165, 1.54) is 12.8 Å². The van der Waals surface area contributed by atoms with Gasteiger partial charge < -0.3 is 5.32 Å². The van der Waals surface area contributed by atoms with E-state index in [1.54, 1.807) is 10.9 Å². The number of hydrogen-bond acceptors (Lipinski definition) is 2. The Balaban J connectivity index is 2.04. The minimum atomic E-state index is -0.149. The van der Waals surface area contributed by atoms with Gasteiger partial charge in [-0.15, -0.1) is 0 Å². The molecule has 16 heavy (non-hydrogen) atoms. The Hall–Kier alpha value is -1.03. The normalized spacial score (nSPS) is 16.6. The van der Waals surface area contributed by atoms with Crippen LogP contribution in [0.25, 0.3) is 0 Å². The molecule has 5 heteroatoms. The van der Waals surface area contributed by atoms with Crippen molar-refractivity contribution in [2.75, 3.05) is 0 Å². The maximum Gasteiger partial charge on any atom is 0.273 e. The molecular formula is C11H16ClN3O. The Bertz CT molecular complexity index is 383. The molecule has 1 N–H and O–H groups in total. The summed E-state index contributed by atoms with van der Waals surface area (Å²) < 4.78 is 1.67. The minimum Gasteiger partial charge on any atom is -0.348 e. The molecule has 1 saturated carbocycles. The SMILES string of the molecule is CCn1cc(Cl)c(C(=O)NC2CCCC2)n1. The zero-order valence-corrected chi connectivity index (χ0v) is 10.1. The maximum absolute atomic E-state index is 11.9. The van der Waals surface area contributed by atoms with Gasteiger partial charge in [0.15, 0.2) is 5.69 Å². The first-order chi connectivity index (χ1) is 7.70. The lowest BCUT2D eigenvalue weighted by molar-refractivity contribution is 0.0932. The van der Waals surface area contributed by atoms with Gasteiger partial charge in [-0.3, -0.25) is 9.48 Å². The van der Waals surface area contributed by atoms with E-state index in [0.29, 0.717) is 16.8 Å². The number of nitrogens with zero attached hydrogens (tertiary/aromatic N) is 2. The fraction of sp³-hybridized carbons (Fsp3) is 0.636. The van der Waals surface area contributed by atoms with Crippen molar-refractivity contribution in [1.82, 2.24) is 15.1 Å². The third-order valence-corrected chi connectivity index (χ3v) is 3.22. The zero-order chi connectivity index (χ0) is 11.5. The third kappa shape index (κ3) is 2.38. The van der Waals surface area contributed by atoms with E-state index < -0.39 is 0 Å². The number of carbonyl (C=O) groups is 1. The Morgan fingerprint density at radius 3 is 2.88 bits per heavy atom. The van der Waals surface area contributed by atoms with Crippen LogP contribution in [-0.4, -0.2) is 21.7 Å². The van der Waals surface area contributed by atoms with Crippen LogP contribution >= 0.6 is 11.6 Å². The predicted molar refractivity (Wildman–Crippen MR) is 62.6 cm³/mol. The summed E-state index contributed by atoms with van der Waals surface area (Å²) in [5.41, 5.74) is 0.343. The van der Waals surface area contributed by atoms with Crippen LogP contribution in [0.4, 0.5) is 0 Å². The fourth-order valence-electron chi connectivity index (χ4n) is 2.04. The van der Waals surface area contributed by atoms with Gasteiger partial charge in [0.2, 0.25) is 0 Å². The average molecular weight is 242 g/mol. The molecule has 1 aromatic rings. The second-order valence-electron chi connectivity index (χ2n) is 4.14. The molecule has 0 aromatic carbocycles. The number of rotatable bonds is 3. The number of halogens is 1. The van der Waals surface area contributed by atoms with Crippen molar-refractivity contribution in [2.45, 2.75) is 45.2 Å². The number of carbonyl (C=O) groups excluding carboxylic acids is 1. The van der Waals surface area contributed by atoms with E-state index in [2.05, 4.69) is 10.4 Å². The highest BCUT2D eigenvalue weighted by Gasteiger charge is 2.21. The van der Waals surface area contributed by atoms with Crippen LogP contribution in [0.2, 0.25) is 5.02 Å². The molecule has 1 amide bonds. The van der Waals surface area contributed by atoms with Crippen LogP contribution in [0.1, 0.15) is 43.1 Å². The zero-order valence-electron chi connectivity index (χ0n) is 9.37. The van der Waals surface area contributed by atoms with Gasteiger partial charge in [-0.2, -0.15) is 5.10 Å². The number of amides is 1. The molecule has 0 radical (unpaired) electrons. The summed E-state index contributed by atoms with van der Waals surface area (Å²) in [6.07, 6.45) is 6.21. The van der Waals surface area contributed by atoms with Crippen molar-refractivity contribution in [3.8, 4) is 0 Å². The first-order valence-corrected chi connectivity index (χ1v) is 6.12. The summed E-state index contributed by atoms with van der Waals surface area (Å²) in [5, 5.41) is 7.55. The van der Waals surface area contributed by atoms with Crippen molar-refractivity contribution in [2.24, 2.45) is 0 Å². The Labute approximate surface area is 100.0 Å². The van der Waals surface area contributed by atoms with Crippen LogP contribution in [0, 0.1) is 0 Å². The number of hydrogen-bond donors (Lipinski definition) is 1. The van der Waals surface area contributed by atoms with Crippen molar-refractivity contribution in [1.29, 1.82) is 0 Å². The molecule has 1 aliphatic carbocycles. The topological polar surface area (TPSA) is 46.9 Å². The Morgan fingerprint density at radius 2 is 2.31 bits per heavy atom. The molecule has 0 spiro atoms.